The Kier molecular flexibility index (Phi) is 3.47. The van der Waals surface area contributed by atoms with E-state index in [1.165, 1.54) is 0 Å². The number of aromatic nitrogens is 1. The van der Waals surface area contributed by atoms with E-state index in [0.717, 1.165) is 27.8 Å². The molecule has 2 aromatic heterocycles. The van der Waals surface area contributed by atoms with Gasteiger partial charge in [0.15, 0.2) is 0 Å². The van der Waals surface area contributed by atoms with Gasteiger partial charge in [-0.05, 0) is 35.7 Å². The molecule has 5 rings (SSSR count). The van der Waals surface area contributed by atoms with E-state index < -0.39 is 0 Å². The summed E-state index contributed by atoms with van der Waals surface area (Å²) in [7, 11) is 0. The molecule has 128 valence electrons. The minimum absolute atomic E-state index is 0.316. The molecule has 0 atom stereocenters. The quantitative estimate of drug-likeness (QED) is 0.410. The summed E-state index contributed by atoms with van der Waals surface area (Å²) in [4.78, 5) is 18.9. The zero-order chi connectivity index (χ0) is 17.5. The van der Waals surface area contributed by atoms with Crippen LogP contribution in [-0.4, -0.2) is 16.6 Å². The molecule has 0 saturated carbocycles. The Balaban J connectivity index is 1.62. The average molecular weight is 344 g/mol. The first-order valence-electron chi connectivity index (χ1n) is 8.52. The van der Waals surface area contributed by atoms with Crippen LogP contribution in [0.2, 0.25) is 0 Å². The molecular weight excluding hydrogens is 328 g/mol. The average Bonchev–Trinajstić information content (AvgIpc) is 2.69. The number of pyridine rings is 1. The lowest BCUT2D eigenvalue weighted by Crippen LogP contribution is -2.32. The van der Waals surface area contributed by atoms with Crippen molar-refractivity contribution in [3.05, 3.63) is 82.5 Å². The molecule has 5 heteroatoms. The van der Waals surface area contributed by atoms with Crippen LogP contribution in [0.4, 0.5) is 0 Å². The molecule has 3 heterocycles. The fourth-order valence-corrected chi connectivity index (χ4v) is 3.52. The van der Waals surface area contributed by atoms with Gasteiger partial charge >= 0.3 is 5.63 Å². The molecule has 0 spiro atoms. The van der Waals surface area contributed by atoms with Crippen LogP contribution in [0.1, 0.15) is 11.3 Å². The van der Waals surface area contributed by atoms with Gasteiger partial charge in [0.1, 0.15) is 18.1 Å². The van der Waals surface area contributed by atoms with E-state index >= 15 is 0 Å². The van der Waals surface area contributed by atoms with E-state index in [4.69, 9.17) is 9.15 Å². The third-order valence-electron chi connectivity index (χ3n) is 4.75. The van der Waals surface area contributed by atoms with Crippen LogP contribution in [0.25, 0.3) is 21.7 Å². The number of hydrogen-bond acceptors (Lipinski definition) is 5. The first-order valence-corrected chi connectivity index (χ1v) is 8.52. The van der Waals surface area contributed by atoms with E-state index in [1.54, 1.807) is 12.3 Å². The molecule has 0 radical (unpaired) electrons. The molecule has 26 heavy (non-hydrogen) atoms. The maximum Gasteiger partial charge on any atom is 0.344 e. The van der Waals surface area contributed by atoms with Crippen molar-refractivity contribution >= 4 is 21.7 Å². The smallest absolute Gasteiger partial charge is 0.344 e. The minimum atomic E-state index is -0.316. The van der Waals surface area contributed by atoms with Crippen molar-refractivity contribution in [2.24, 2.45) is 0 Å². The van der Waals surface area contributed by atoms with Gasteiger partial charge in [-0.3, -0.25) is 9.88 Å². The Morgan fingerprint density at radius 1 is 0.962 bits per heavy atom. The normalized spacial score (nSPS) is 14.3. The second kappa shape index (κ2) is 5.97. The summed E-state index contributed by atoms with van der Waals surface area (Å²) in [5.74, 6) is 0.771. The predicted octanol–water partition coefficient (Wildman–Crippen LogP) is 3.69. The summed E-state index contributed by atoms with van der Waals surface area (Å²) in [6.07, 6.45) is 1.79. The van der Waals surface area contributed by atoms with E-state index in [-0.39, 0.29) is 5.63 Å². The van der Waals surface area contributed by atoms with Gasteiger partial charge in [0.2, 0.25) is 0 Å². The Labute approximate surface area is 149 Å². The maximum atomic E-state index is 12.4. The third kappa shape index (κ3) is 2.45. The summed E-state index contributed by atoms with van der Waals surface area (Å²) in [6, 6.07) is 17.3. The Morgan fingerprint density at radius 2 is 1.81 bits per heavy atom. The van der Waals surface area contributed by atoms with E-state index in [0.29, 0.717) is 30.8 Å². The molecular formula is C21H16N2O3. The fourth-order valence-electron chi connectivity index (χ4n) is 3.52. The summed E-state index contributed by atoms with van der Waals surface area (Å²) in [6.45, 7) is 1.80. The van der Waals surface area contributed by atoms with Crippen LogP contribution >= 0.6 is 0 Å². The molecule has 0 bridgehead atoms. The molecule has 0 fully saturated rings. The van der Waals surface area contributed by atoms with Gasteiger partial charge in [-0.1, -0.05) is 24.3 Å². The summed E-state index contributed by atoms with van der Waals surface area (Å²) < 4.78 is 11.6. The van der Waals surface area contributed by atoms with Gasteiger partial charge in [0.05, 0.1) is 16.6 Å². The molecule has 0 saturated heterocycles. The number of rotatable bonds is 2. The summed E-state index contributed by atoms with van der Waals surface area (Å²) >= 11 is 0. The van der Waals surface area contributed by atoms with Crippen molar-refractivity contribution in [1.82, 2.24) is 9.88 Å². The Bertz CT molecular complexity index is 1170. The highest BCUT2D eigenvalue weighted by molar-refractivity contribution is 6.05. The standard InChI is InChI=1S/C21H16N2O3/c24-21-17-7-2-1-6-15(17)16-8-9-19-18(20(16)26-21)12-23(13-25-19)11-14-5-3-4-10-22-14/h1-10H,11-13H2. The number of ether oxygens (including phenoxy) is 1. The first kappa shape index (κ1) is 15.1. The highest BCUT2D eigenvalue weighted by atomic mass is 16.5. The van der Waals surface area contributed by atoms with Gasteiger partial charge < -0.3 is 9.15 Å². The maximum absolute atomic E-state index is 12.4. The number of hydrogen-bond donors (Lipinski definition) is 0. The van der Waals surface area contributed by atoms with E-state index in [2.05, 4.69) is 9.88 Å². The highest BCUT2D eigenvalue weighted by Gasteiger charge is 2.22. The van der Waals surface area contributed by atoms with Crippen LogP contribution in [0.15, 0.2) is 70.0 Å². The molecule has 0 amide bonds. The zero-order valence-electron chi connectivity index (χ0n) is 14.0. The van der Waals surface area contributed by atoms with Gasteiger partial charge in [-0.2, -0.15) is 0 Å². The van der Waals surface area contributed by atoms with Crippen LogP contribution in [0.5, 0.6) is 5.75 Å². The molecule has 1 aliphatic rings. The summed E-state index contributed by atoms with van der Waals surface area (Å²) in [5.41, 5.74) is 2.18. The summed E-state index contributed by atoms with van der Waals surface area (Å²) in [5, 5.41) is 2.44. The monoisotopic (exact) mass is 344 g/mol. The topological polar surface area (TPSA) is 55.6 Å². The molecule has 1 aliphatic heterocycles. The van der Waals surface area contributed by atoms with Gasteiger partial charge in [0.25, 0.3) is 0 Å². The molecule has 0 aliphatic carbocycles. The SMILES string of the molecule is O=c1oc2c3c(ccc2c2ccccc12)OCN(Cc1ccccn1)C3. The van der Waals surface area contributed by atoms with Crippen molar-refractivity contribution in [2.75, 3.05) is 6.73 Å². The van der Waals surface area contributed by atoms with E-state index in [9.17, 15) is 4.79 Å². The van der Waals surface area contributed by atoms with Crippen molar-refractivity contribution in [3.8, 4) is 5.75 Å². The van der Waals surface area contributed by atoms with Crippen LogP contribution < -0.4 is 10.4 Å². The Morgan fingerprint density at radius 3 is 2.65 bits per heavy atom. The first-order chi connectivity index (χ1) is 12.8. The van der Waals surface area contributed by atoms with Crippen LogP contribution in [-0.2, 0) is 13.1 Å². The number of fused-ring (bicyclic) bond motifs is 5. The zero-order valence-corrected chi connectivity index (χ0v) is 14.0. The van der Waals surface area contributed by atoms with Crippen molar-refractivity contribution in [1.29, 1.82) is 0 Å². The molecule has 5 nitrogen and oxygen atoms in total. The Hall–Kier alpha value is -3.18. The van der Waals surface area contributed by atoms with Crippen molar-refractivity contribution < 1.29 is 9.15 Å². The second-order valence-corrected chi connectivity index (χ2v) is 6.44. The van der Waals surface area contributed by atoms with Gasteiger partial charge in [-0.15, -0.1) is 0 Å². The van der Waals surface area contributed by atoms with Crippen molar-refractivity contribution in [3.63, 3.8) is 0 Å². The van der Waals surface area contributed by atoms with Crippen molar-refractivity contribution in [2.45, 2.75) is 13.1 Å². The highest BCUT2D eigenvalue weighted by Crippen LogP contribution is 2.34. The fraction of sp³-hybridized carbons (Fsp3) is 0.143. The lowest BCUT2D eigenvalue weighted by molar-refractivity contribution is 0.0878. The molecule has 2 aromatic carbocycles. The largest absolute Gasteiger partial charge is 0.478 e. The lowest BCUT2D eigenvalue weighted by atomic mass is 10.0. The molecule has 0 unspecified atom stereocenters. The lowest BCUT2D eigenvalue weighted by Gasteiger charge is -2.29. The van der Waals surface area contributed by atoms with Gasteiger partial charge in [0, 0.05) is 24.7 Å². The number of benzene rings is 2. The molecule has 0 N–H and O–H groups in total. The second-order valence-electron chi connectivity index (χ2n) is 6.44. The predicted molar refractivity (Wildman–Crippen MR) is 99.0 cm³/mol. The minimum Gasteiger partial charge on any atom is -0.478 e. The van der Waals surface area contributed by atoms with E-state index in [1.807, 2.05) is 48.5 Å². The number of nitrogens with zero attached hydrogens (tertiary/aromatic N) is 2. The van der Waals surface area contributed by atoms with Gasteiger partial charge in [-0.25, -0.2) is 4.79 Å². The molecule has 4 aromatic rings. The van der Waals surface area contributed by atoms with Crippen LogP contribution in [0.3, 0.4) is 0 Å². The third-order valence-corrected chi connectivity index (χ3v) is 4.75. The van der Waals surface area contributed by atoms with Crippen LogP contribution in [0, 0.1) is 0 Å².